The SMILES string of the molecule is COc1ccc(OC)c(N(CC(=O)N/N=C\c2ccc(OCc3ccc4ccccc4c3)cc2)S(C)(=O)=O)c1. The van der Waals surface area contributed by atoms with Crippen LogP contribution in [0.5, 0.6) is 17.2 Å². The van der Waals surface area contributed by atoms with Crippen LogP contribution in [0.4, 0.5) is 5.69 Å². The van der Waals surface area contributed by atoms with Crippen molar-refractivity contribution in [1.29, 1.82) is 0 Å². The quantitative estimate of drug-likeness (QED) is 0.221. The number of carbonyl (C=O) groups is 1. The molecule has 0 aromatic heterocycles. The fraction of sp³-hybridized carbons (Fsp3) is 0.172. The summed E-state index contributed by atoms with van der Waals surface area (Å²) in [5.74, 6) is 0.764. The van der Waals surface area contributed by atoms with Crippen molar-refractivity contribution in [3.05, 3.63) is 96.1 Å². The first-order valence-corrected chi connectivity index (χ1v) is 13.8. The number of hydrogen-bond donors (Lipinski definition) is 1. The number of hydrogen-bond acceptors (Lipinski definition) is 7. The number of rotatable bonds is 11. The first-order valence-electron chi connectivity index (χ1n) is 12.0. The number of nitrogens with zero attached hydrogens (tertiary/aromatic N) is 2. The maximum absolute atomic E-state index is 12.6. The van der Waals surface area contributed by atoms with Gasteiger partial charge in [-0.25, -0.2) is 13.8 Å². The number of fused-ring (bicyclic) bond motifs is 1. The van der Waals surface area contributed by atoms with E-state index >= 15 is 0 Å². The number of sulfonamides is 1. The molecule has 4 aromatic rings. The molecule has 39 heavy (non-hydrogen) atoms. The molecule has 0 atom stereocenters. The molecule has 0 radical (unpaired) electrons. The number of benzene rings is 4. The number of nitrogens with one attached hydrogen (secondary N) is 1. The van der Waals surface area contributed by atoms with Gasteiger partial charge in [0.25, 0.3) is 5.91 Å². The van der Waals surface area contributed by atoms with E-state index in [1.165, 1.54) is 31.9 Å². The van der Waals surface area contributed by atoms with E-state index in [-0.39, 0.29) is 11.4 Å². The van der Waals surface area contributed by atoms with Crippen LogP contribution in [0.2, 0.25) is 0 Å². The largest absolute Gasteiger partial charge is 0.497 e. The van der Waals surface area contributed by atoms with E-state index < -0.39 is 22.5 Å². The van der Waals surface area contributed by atoms with E-state index in [1.54, 1.807) is 24.3 Å². The molecule has 0 fully saturated rings. The fourth-order valence-corrected chi connectivity index (χ4v) is 4.71. The molecular weight excluding hydrogens is 518 g/mol. The van der Waals surface area contributed by atoms with Gasteiger partial charge in [-0.1, -0.05) is 36.4 Å². The summed E-state index contributed by atoms with van der Waals surface area (Å²) in [4.78, 5) is 12.6. The van der Waals surface area contributed by atoms with Crippen molar-refractivity contribution in [3.8, 4) is 17.2 Å². The van der Waals surface area contributed by atoms with E-state index in [9.17, 15) is 13.2 Å². The summed E-state index contributed by atoms with van der Waals surface area (Å²) in [5.41, 5.74) is 4.34. The molecule has 0 aliphatic rings. The van der Waals surface area contributed by atoms with Crippen LogP contribution >= 0.6 is 0 Å². The minimum absolute atomic E-state index is 0.178. The highest BCUT2D eigenvalue weighted by atomic mass is 32.2. The Morgan fingerprint density at radius 3 is 2.31 bits per heavy atom. The molecule has 1 N–H and O–H groups in total. The van der Waals surface area contributed by atoms with Crippen LogP contribution in [0.25, 0.3) is 10.8 Å². The molecule has 0 saturated carbocycles. The molecular formula is C29H29N3O6S. The maximum atomic E-state index is 12.6. The van der Waals surface area contributed by atoms with Gasteiger partial charge in [0, 0.05) is 6.07 Å². The Hall–Kier alpha value is -4.57. The average Bonchev–Trinajstić information content (AvgIpc) is 2.94. The number of anilines is 1. The predicted molar refractivity (Wildman–Crippen MR) is 152 cm³/mol. The van der Waals surface area contributed by atoms with Gasteiger partial charge in [0.1, 0.15) is 30.4 Å². The molecule has 202 valence electrons. The maximum Gasteiger partial charge on any atom is 0.260 e. The molecule has 10 heteroatoms. The first-order chi connectivity index (χ1) is 18.8. The van der Waals surface area contributed by atoms with E-state index in [0.717, 1.165) is 27.1 Å². The number of hydrazone groups is 1. The van der Waals surface area contributed by atoms with Crippen LogP contribution in [-0.4, -0.2) is 47.6 Å². The van der Waals surface area contributed by atoms with Crippen molar-refractivity contribution >= 4 is 38.6 Å². The minimum Gasteiger partial charge on any atom is -0.497 e. The van der Waals surface area contributed by atoms with Crippen LogP contribution in [0, 0.1) is 0 Å². The zero-order valence-electron chi connectivity index (χ0n) is 21.8. The Kier molecular flexibility index (Phi) is 8.67. The Morgan fingerprint density at radius 2 is 1.62 bits per heavy atom. The van der Waals surface area contributed by atoms with E-state index in [2.05, 4.69) is 34.8 Å². The summed E-state index contributed by atoms with van der Waals surface area (Å²) in [7, 11) is -0.946. The second-order valence-corrected chi connectivity index (χ2v) is 10.5. The zero-order valence-corrected chi connectivity index (χ0v) is 22.6. The van der Waals surface area contributed by atoms with E-state index in [0.29, 0.717) is 18.1 Å². The van der Waals surface area contributed by atoms with Crippen molar-refractivity contribution in [2.24, 2.45) is 5.10 Å². The lowest BCUT2D eigenvalue weighted by atomic mass is 10.1. The predicted octanol–water partition coefficient (Wildman–Crippen LogP) is 4.35. The van der Waals surface area contributed by atoms with Gasteiger partial charge in [-0.15, -0.1) is 0 Å². The number of amides is 1. The Bertz CT molecular complexity index is 1590. The highest BCUT2D eigenvalue weighted by Crippen LogP contribution is 2.33. The van der Waals surface area contributed by atoms with Crippen LogP contribution < -0.4 is 23.9 Å². The van der Waals surface area contributed by atoms with Crippen molar-refractivity contribution in [2.75, 3.05) is 31.3 Å². The van der Waals surface area contributed by atoms with Gasteiger partial charge >= 0.3 is 0 Å². The molecule has 0 aliphatic carbocycles. The molecule has 0 heterocycles. The zero-order chi connectivity index (χ0) is 27.8. The van der Waals surface area contributed by atoms with Gasteiger partial charge in [-0.2, -0.15) is 5.10 Å². The summed E-state index contributed by atoms with van der Waals surface area (Å²) in [6.07, 6.45) is 2.47. The van der Waals surface area contributed by atoms with Crippen molar-refractivity contribution in [1.82, 2.24) is 5.43 Å². The van der Waals surface area contributed by atoms with Gasteiger partial charge < -0.3 is 14.2 Å². The second-order valence-electron chi connectivity index (χ2n) is 8.64. The highest BCUT2D eigenvalue weighted by molar-refractivity contribution is 7.92. The molecule has 1 amide bonds. The molecule has 0 saturated heterocycles. The minimum atomic E-state index is -3.82. The number of methoxy groups -OCH3 is 2. The number of carbonyl (C=O) groups excluding carboxylic acids is 1. The summed E-state index contributed by atoms with van der Waals surface area (Å²) in [5, 5.41) is 6.30. The van der Waals surface area contributed by atoms with Crippen LogP contribution in [0.1, 0.15) is 11.1 Å². The van der Waals surface area contributed by atoms with Gasteiger partial charge in [-0.3, -0.25) is 9.10 Å². The van der Waals surface area contributed by atoms with Crippen molar-refractivity contribution < 1.29 is 27.4 Å². The van der Waals surface area contributed by atoms with Crippen molar-refractivity contribution in [3.63, 3.8) is 0 Å². The van der Waals surface area contributed by atoms with Crippen LogP contribution in [0.3, 0.4) is 0 Å². The topological polar surface area (TPSA) is 107 Å². The standard InChI is InChI=1S/C29H29N3O6S/c1-36-26-14-15-28(37-2)27(17-26)32(39(3,34)35)19-29(33)31-30-18-21-9-12-25(13-10-21)38-20-22-8-11-23-6-4-5-7-24(23)16-22/h4-18H,19-20H2,1-3H3,(H,31,33)/b30-18-. The van der Waals surface area contributed by atoms with Gasteiger partial charge in [0.2, 0.25) is 10.0 Å². The summed E-state index contributed by atoms with van der Waals surface area (Å²) < 4.78 is 42.2. The Labute approximate surface area is 227 Å². The second kappa shape index (κ2) is 12.3. The lowest BCUT2D eigenvalue weighted by Gasteiger charge is -2.23. The molecule has 4 rings (SSSR count). The summed E-state index contributed by atoms with van der Waals surface area (Å²) in [6, 6.07) is 26.3. The smallest absolute Gasteiger partial charge is 0.260 e. The fourth-order valence-electron chi connectivity index (χ4n) is 3.86. The van der Waals surface area contributed by atoms with Gasteiger partial charge in [0.15, 0.2) is 0 Å². The third kappa shape index (κ3) is 7.26. The molecule has 0 unspecified atom stereocenters. The van der Waals surface area contributed by atoms with Crippen LogP contribution in [-0.2, 0) is 21.4 Å². The normalized spacial score (nSPS) is 11.4. The first kappa shape index (κ1) is 27.5. The lowest BCUT2D eigenvalue weighted by molar-refractivity contribution is -0.119. The highest BCUT2D eigenvalue weighted by Gasteiger charge is 2.24. The van der Waals surface area contributed by atoms with Gasteiger partial charge in [0.05, 0.1) is 32.4 Å². The third-order valence-electron chi connectivity index (χ3n) is 5.84. The summed E-state index contributed by atoms with van der Waals surface area (Å²) in [6.45, 7) is -0.0650. The lowest BCUT2D eigenvalue weighted by Crippen LogP contribution is -2.39. The monoisotopic (exact) mass is 547 g/mol. The van der Waals surface area contributed by atoms with Gasteiger partial charge in [-0.05, 0) is 64.4 Å². The number of ether oxygens (including phenoxy) is 3. The Balaban J connectivity index is 1.35. The molecule has 9 nitrogen and oxygen atoms in total. The third-order valence-corrected chi connectivity index (χ3v) is 6.97. The molecule has 0 bridgehead atoms. The average molecular weight is 548 g/mol. The summed E-state index contributed by atoms with van der Waals surface area (Å²) >= 11 is 0. The van der Waals surface area contributed by atoms with Crippen molar-refractivity contribution in [2.45, 2.75) is 6.61 Å². The van der Waals surface area contributed by atoms with E-state index in [1.807, 2.05) is 30.3 Å². The Morgan fingerprint density at radius 1 is 0.897 bits per heavy atom. The molecule has 4 aromatic carbocycles. The van der Waals surface area contributed by atoms with Crippen LogP contribution in [0.15, 0.2) is 90.0 Å². The van der Waals surface area contributed by atoms with E-state index in [4.69, 9.17) is 14.2 Å². The molecule has 0 aliphatic heterocycles. The molecule has 0 spiro atoms.